The Labute approximate surface area is 42.4 Å². The van der Waals surface area contributed by atoms with Gasteiger partial charge in [0.1, 0.15) is 13.0 Å². The van der Waals surface area contributed by atoms with E-state index >= 15 is 0 Å². The van der Waals surface area contributed by atoms with E-state index in [2.05, 4.69) is 9.98 Å². The van der Waals surface area contributed by atoms with E-state index in [1.54, 1.807) is 0 Å². The summed E-state index contributed by atoms with van der Waals surface area (Å²) in [7, 11) is 5.20. The first-order valence-corrected chi connectivity index (χ1v) is 1.92. The Morgan fingerprint density at radius 2 is 2.57 bits per heavy atom. The van der Waals surface area contributed by atoms with Crippen molar-refractivity contribution in [2.75, 3.05) is 6.67 Å². The number of rotatable bonds is 0. The highest BCUT2D eigenvalue weighted by atomic mass is 15.2. The van der Waals surface area contributed by atoms with Crippen LogP contribution in [0, 0.1) is 7.05 Å². The van der Waals surface area contributed by atoms with Crippen molar-refractivity contribution in [3.8, 4) is 0 Å². The Hall–Kier alpha value is -0.860. The molecule has 3 heteroatoms. The molecule has 0 aromatic heterocycles. The summed E-state index contributed by atoms with van der Waals surface area (Å²) in [6, 6.07) is 0. The SMILES string of the molecule is [CH]N1C=NC=NC1. The van der Waals surface area contributed by atoms with E-state index in [9.17, 15) is 0 Å². The summed E-state index contributed by atoms with van der Waals surface area (Å²) in [5, 5.41) is 0. The standard InChI is InChI=1S/C4H5N3/c1-7-3-5-2-6-4-7/h1-3H,4H2. The molecule has 0 saturated carbocycles. The molecule has 1 aliphatic rings. The summed E-state index contributed by atoms with van der Waals surface area (Å²) in [5.41, 5.74) is 0. The van der Waals surface area contributed by atoms with Gasteiger partial charge in [0.05, 0.1) is 13.4 Å². The Morgan fingerprint density at radius 3 is 2.86 bits per heavy atom. The van der Waals surface area contributed by atoms with Crippen LogP contribution in [0.3, 0.4) is 0 Å². The second-order valence-electron chi connectivity index (χ2n) is 1.22. The molecule has 1 heterocycles. The molecule has 0 aromatic carbocycles. The Morgan fingerprint density at radius 1 is 1.71 bits per heavy atom. The molecule has 1 rings (SSSR count). The fourth-order valence-electron chi connectivity index (χ4n) is 0.330. The van der Waals surface area contributed by atoms with E-state index in [0.717, 1.165) is 0 Å². The van der Waals surface area contributed by atoms with Crippen LogP contribution in [0.5, 0.6) is 0 Å². The van der Waals surface area contributed by atoms with Crippen molar-refractivity contribution in [3.63, 3.8) is 0 Å². The molecule has 0 spiro atoms. The molecule has 0 aliphatic carbocycles. The fourth-order valence-corrected chi connectivity index (χ4v) is 0.330. The minimum Gasteiger partial charge on any atom is -0.336 e. The summed E-state index contributed by atoms with van der Waals surface area (Å²) in [6.07, 6.45) is 3.00. The summed E-state index contributed by atoms with van der Waals surface area (Å²) in [4.78, 5) is 8.78. The van der Waals surface area contributed by atoms with Crippen molar-refractivity contribution in [2.24, 2.45) is 9.98 Å². The van der Waals surface area contributed by atoms with Crippen LogP contribution in [0.15, 0.2) is 9.98 Å². The molecule has 0 aromatic rings. The molecule has 2 radical (unpaired) electrons. The predicted molar refractivity (Wildman–Crippen MR) is 28.0 cm³/mol. The highest BCUT2D eigenvalue weighted by Gasteiger charge is 1.88. The van der Waals surface area contributed by atoms with E-state index in [1.165, 1.54) is 17.6 Å². The minimum atomic E-state index is 0.517. The molecular weight excluding hydrogens is 90.1 g/mol. The van der Waals surface area contributed by atoms with Gasteiger partial charge in [-0.25, -0.2) is 4.99 Å². The Kier molecular flexibility index (Phi) is 1.06. The van der Waals surface area contributed by atoms with Crippen LogP contribution in [-0.4, -0.2) is 24.2 Å². The van der Waals surface area contributed by atoms with Crippen LogP contribution in [0.25, 0.3) is 0 Å². The molecule has 7 heavy (non-hydrogen) atoms. The van der Waals surface area contributed by atoms with Crippen LogP contribution in [0.1, 0.15) is 0 Å². The van der Waals surface area contributed by atoms with Gasteiger partial charge in [-0.1, -0.05) is 0 Å². The van der Waals surface area contributed by atoms with Crippen molar-refractivity contribution in [1.82, 2.24) is 4.90 Å². The molecule has 3 nitrogen and oxygen atoms in total. The van der Waals surface area contributed by atoms with Gasteiger partial charge in [0.2, 0.25) is 0 Å². The molecule has 0 saturated heterocycles. The van der Waals surface area contributed by atoms with Crippen molar-refractivity contribution >= 4 is 12.7 Å². The first kappa shape index (κ1) is 4.30. The van der Waals surface area contributed by atoms with Gasteiger partial charge in [0.25, 0.3) is 0 Å². The van der Waals surface area contributed by atoms with Crippen molar-refractivity contribution in [3.05, 3.63) is 7.05 Å². The molecule has 0 N–H and O–H groups in total. The highest BCUT2D eigenvalue weighted by molar-refractivity contribution is 5.72. The molecule has 0 atom stereocenters. The second-order valence-corrected chi connectivity index (χ2v) is 1.22. The van der Waals surface area contributed by atoms with Gasteiger partial charge in [-0.3, -0.25) is 4.99 Å². The first-order valence-electron chi connectivity index (χ1n) is 1.92. The lowest BCUT2D eigenvalue weighted by Gasteiger charge is -2.08. The maximum absolute atomic E-state index is 5.20. The third-order valence-corrected chi connectivity index (χ3v) is 0.608. The summed E-state index contributed by atoms with van der Waals surface area (Å²) in [5.74, 6) is 0. The zero-order valence-corrected chi connectivity index (χ0v) is 3.78. The molecular formula is C4H5N3. The summed E-state index contributed by atoms with van der Waals surface area (Å²) in [6.45, 7) is 0.517. The number of aliphatic imine (C=N–C) groups is 2. The van der Waals surface area contributed by atoms with Crippen molar-refractivity contribution in [2.45, 2.75) is 0 Å². The lowest BCUT2D eigenvalue weighted by Crippen LogP contribution is -2.15. The smallest absolute Gasteiger partial charge is 0.113 e. The van der Waals surface area contributed by atoms with E-state index in [-0.39, 0.29) is 0 Å². The average Bonchev–Trinajstić information content (AvgIpc) is 1.69. The number of hydrogen-bond donors (Lipinski definition) is 0. The van der Waals surface area contributed by atoms with Gasteiger partial charge < -0.3 is 4.90 Å². The molecule has 1 aliphatic heterocycles. The quantitative estimate of drug-likeness (QED) is 0.415. The highest BCUT2D eigenvalue weighted by Crippen LogP contribution is 1.83. The average molecular weight is 95.1 g/mol. The van der Waals surface area contributed by atoms with Gasteiger partial charge in [-0.15, -0.1) is 0 Å². The molecule has 0 bridgehead atoms. The zero-order chi connectivity index (χ0) is 5.11. The monoisotopic (exact) mass is 95.0 g/mol. The third kappa shape index (κ3) is 0.994. The summed E-state index contributed by atoms with van der Waals surface area (Å²) >= 11 is 0. The lowest BCUT2D eigenvalue weighted by atomic mass is 10.8. The Balaban J connectivity index is 2.49. The van der Waals surface area contributed by atoms with Crippen LogP contribution >= 0.6 is 0 Å². The van der Waals surface area contributed by atoms with Crippen LogP contribution in [0.2, 0.25) is 0 Å². The fraction of sp³-hybridized carbons (Fsp3) is 0.250. The topological polar surface area (TPSA) is 28.0 Å². The van der Waals surface area contributed by atoms with Gasteiger partial charge in [-0.05, 0) is 0 Å². The maximum Gasteiger partial charge on any atom is 0.113 e. The van der Waals surface area contributed by atoms with Crippen LogP contribution in [-0.2, 0) is 0 Å². The molecule has 0 amide bonds. The molecule has 36 valence electrons. The normalized spacial score (nSPS) is 18.1. The van der Waals surface area contributed by atoms with Gasteiger partial charge in [-0.2, -0.15) is 0 Å². The van der Waals surface area contributed by atoms with Crippen molar-refractivity contribution in [1.29, 1.82) is 0 Å². The Bertz CT molecular complexity index is 106. The third-order valence-electron chi connectivity index (χ3n) is 0.608. The largest absolute Gasteiger partial charge is 0.336 e. The second kappa shape index (κ2) is 1.73. The van der Waals surface area contributed by atoms with Crippen molar-refractivity contribution < 1.29 is 0 Å². The molecule has 0 unspecified atom stereocenters. The van der Waals surface area contributed by atoms with Crippen LogP contribution in [0.4, 0.5) is 0 Å². The van der Waals surface area contributed by atoms with E-state index in [1.807, 2.05) is 0 Å². The maximum atomic E-state index is 5.20. The van der Waals surface area contributed by atoms with Crippen LogP contribution < -0.4 is 0 Å². The first-order chi connectivity index (χ1) is 3.39. The predicted octanol–water partition coefficient (Wildman–Crippen LogP) is -0.0153. The summed E-state index contributed by atoms with van der Waals surface area (Å²) < 4.78 is 0. The number of nitrogens with zero attached hydrogens (tertiary/aromatic N) is 3. The van der Waals surface area contributed by atoms with E-state index < -0.39 is 0 Å². The lowest BCUT2D eigenvalue weighted by molar-refractivity contribution is 0.581. The van der Waals surface area contributed by atoms with Gasteiger partial charge in [0.15, 0.2) is 0 Å². The van der Waals surface area contributed by atoms with Gasteiger partial charge in [0, 0.05) is 0 Å². The van der Waals surface area contributed by atoms with E-state index in [0.29, 0.717) is 6.67 Å². The van der Waals surface area contributed by atoms with E-state index in [4.69, 9.17) is 7.05 Å². The minimum absolute atomic E-state index is 0.517. The molecule has 0 fully saturated rings. The zero-order valence-electron chi connectivity index (χ0n) is 3.78. The van der Waals surface area contributed by atoms with Gasteiger partial charge >= 0.3 is 0 Å². The number of hydrogen-bond acceptors (Lipinski definition) is 3.